The molecule has 0 bridgehead atoms. The Labute approximate surface area is 148 Å². The van der Waals surface area contributed by atoms with Crippen LogP contribution in [0.1, 0.15) is 45.0 Å². The van der Waals surface area contributed by atoms with Gasteiger partial charge in [-0.05, 0) is 26.2 Å². The van der Waals surface area contributed by atoms with Gasteiger partial charge in [-0.3, -0.25) is 4.99 Å². The van der Waals surface area contributed by atoms with Gasteiger partial charge in [-0.15, -0.1) is 0 Å². The Morgan fingerprint density at radius 1 is 1.31 bits per heavy atom. The van der Waals surface area contributed by atoms with Crippen LogP contribution in [0.25, 0.3) is 16.6 Å². The molecule has 0 N–H and O–H groups in total. The summed E-state index contributed by atoms with van der Waals surface area (Å²) in [6, 6.07) is 2.11. The van der Waals surface area contributed by atoms with Crippen LogP contribution in [0, 0.1) is 11.6 Å². The van der Waals surface area contributed by atoms with E-state index in [9.17, 15) is 17.6 Å². The quantitative estimate of drug-likeness (QED) is 0.478. The van der Waals surface area contributed by atoms with Crippen LogP contribution in [0.15, 0.2) is 35.5 Å². The number of halogens is 4. The van der Waals surface area contributed by atoms with Crippen molar-refractivity contribution in [3.05, 3.63) is 47.9 Å². The minimum absolute atomic E-state index is 0.0416. The lowest BCUT2D eigenvalue weighted by atomic mass is 10.1. The average molecular weight is 365 g/mol. The Hall–Kier alpha value is -2.44. The Balaban J connectivity index is 2.20. The largest absolute Gasteiger partial charge is 0.321 e. The summed E-state index contributed by atoms with van der Waals surface area (Å²) in [4.78, 5) is 8.23. The van der Waals surface area contributed by atoms with Crippen molar-refractivity contribution in [2.24, 2.45) is 4.99 Å². The third-order valence-electron chi connectivity index (χ3n) is 4.21. The molecule has 2 aromatic rings. The van der Waals surface area contributed by atoms with Gasteiger partial charge in [-0.25, -0.2) is 22.5 Å². The normalized spacial score (nSPS) is 16.4. The first kappa shape index (κ1) is 18.4. The number of aliphatic imine (C=N–C) groups is 1. The molecule has 0 atom stereocenters. The fourth-order valence-electron chi connectivity index (χ4n) is 2.86. The summed E-state index contributed by atoms with van der Waals surface area (Å²) in [5, 5.41) is 0. The van der Waals surface area contributed by atoms with Crippen LogP contribution in [-0.2, 0) is 0 Å². The maximum absolute atomic E-state index is 13.7. The van der Waals surface area contributed by atoms with E-state index in [4.69, 9.17) is 0 Å². The van der Waals surface area contributed by atoms with Crippen molar-refractivity contribution in [2.45, 2.75) is 45.6 Å². The molecule has 3 rings (SSSR count). The van der Waals surface area contributed by atoms with Crippen molar-refractivity contribution in [1.29, 1.82) is 0 Å². The van der Waals surface area contributed by atoms with E-state index in [2.05, 4.69) is 9.98 Å². The van der Waals surface area contributed by atoms with Gasteiger partial charge in [0.2, 0.25) is 0 Å². The van der Waals surface area contributed by atoms with Gasteiger partial charge < -0.3 is 4.57 Å². The Bertz CT molecular complexity index is 905. The molecule has 0 unspecified atom stereocenters. The van der Waals surface area contributed by atoms with Crippen LogP contribution in [0.4, 0.5) is 17.6 Å². The fraction of sp³-hybridized carbons (Fsp3) is 0.368. The molecule has 1 heterocycles. The second-order valence-electron chi connectivity index (χ2n) is 6.10. The Kier molecular flexibility index (Phi) is 5.25. The average Bonchev–Trinajstić information content (AvgIpc) is 3.37. The van der Waals surface area contributed by atoms with Gasteiger partial charge >= 0.3 is 0 Å². The topological polar surface area (TPSA) is 30.2 Å². The first-order valence-corrected chi connectivity index (χ1v) is 8.52. The number of alkyl halides is 2. The molecular weight excluding hydrogens is 346 g/mol. The molecule has 0 amide bonds. The SMILES string of the molecule is C\C=C(/C(=N/C=C/CC)C(F)F)c1nc2cc(F)c(F)cc2n1C1CC1. The minimum Gasteiger partial charge on any atom is -0.321 e. The molecule has 0 saturated heterocycles. The molecule has 3 nitrogen and oxygen atoms in total. The van der Waals surface area contributed by atoms with Crippen molar-refractivity contribution in [2.75, 3.05) is 0 Å². The second-order valence-corrected chi connectivity index (χ2v) is 6.10. The predicted octanol–water partition coefficient (Wildman–Crippen LogP) is 5.68. The van der Waals surface area contributed by atoms with Crippen LogP contribution in [0.2, 0.25) is 0 Å². The van der Waals surface area contributed by atoms with E-state index in [0.717, 1.165) is 25.0 Å². The number of hydrogen-bond acceptors (Lipinski definition) is 2. The molecule has 1 aromatic carbocycles. The molecule has 0 aliphatic heterocycles. The third kappa shape index (κ3) is 3.43. The summed E-state index contributed by atoms with van der Waals surface area (Å²) in [7, 11) is 0. The van der Waals surface area contributed by atoms with Crippen LogP contribution in [0.3, 0.4) is 0 Å². The van der Waals surface area contributed by atoms with Crippen LogP contribution < -0.4 is 0 Å². The van der Waals surface area contributed by atoms with Crippen LogP contribution >= 0.6 is 0 Å². The minimum atomic E-state index is -2.80. The molecule has 138 valence electrons. The summed E-state index contributed by atoms with van der Waals surface area (Å²) >= 11 is 0. The number of benzene rings is 1. The first-order chi connectivity index (χ1) is 12.5. The summed E-state index contributed by atoms with van der Waals surface area (Å²) in [5.74, 6) is -1.74. The van der Waals surface area contributed by atoms with E-state index in [1.165, 1.54) is 12.3 Å². The molecular formula is C19H19F4N3. The molecule has 0 spiro atoms. The smallest absolute Gasteiger partial charge is 0.281 e. The molecule has 7 heteroatoms. The highest BCUT2D eigenvalue weighted by Crippen LogP contribution is 2.41. The molecule has 26 heavy (non-hydrogen) atoms. The van der Waals surface area contributed by atoms with Gasteiger partial charge in [0.25, 0.3) is 6.43 Å². The highest BCUT2D eigenvalue weighted by molar-refractivity contribution is 6.25. The van der Waals surface area contributed by atoms with Crippen molar-refractivity contribution >= 4 is 22.3 Å². The molecule has 1 saturated carbocycles. The maximum atomic E-state index is 13.7. The summed E-state index contributed by atoms with van der Waals surface area (Å²) in [5.41, 5.74) is 0.404. The van der Waals surface area contributed by atoms with Crippen molar-refractivity contribution < 1.29 is 17.6 Å². The number of aromatic nitrogens is 2. The van der Waals surface area contributed by atoms with E-state index in [1.54, 1.807) is 17.6 Å². The summed E-state index contributed by atoms with van der Waals surface area (Å²) in [6.45, 7) is 3.49. The highest BCUT2D eigenvalue weighted by Gasteiger charge is 2.32. The number of hydrogen-bond donors (Lipinski definition) is 0. The van der Waals surface area contributed by atoms with E-state index in [1.807, 2.05) is 6.92 Å². The van der Waals surface area contributed by atoms with Gasteiger partial charge in [0, 0.05) is 29.9 Å². The zero-order valence-corrected chi connectivity index (χ0v) is 14.5. The zero-order chi connectivity index (χ0) is 18.8. The van der Waals surface area contributed by atoms with Gasteiger partial charge in [-0.1, -0.05) is 19.1 Å². The third-order valence-corrected chi connectivity index (χ3v) is 4.21. The van der Waals surface area contributed by atoms with Crippen molar-refractivity contribution in [3.63, 3.8) is 0 Å². The van der Waals surface area contributed by atoms with Crippen molar-refractivity contribution in [1.82, 2.24) is 9.55 Å². The number of rotatable bonds is 6. The van der Waals surface area contributed by atoms with Crippen LogP contribution in [-0.4, -0.2) is 21.7 Å². The second kappa shape index (κ2) is 7.43. The molecule has 0 radical (unpaired) electrons. The number of nitrogens with zero attached hydrogens (tertiary/aromatic N) is 3. The lowest BCUT2D eigenvalue weighted by Crippen LogP contribution is -2.16. The van der Waals surface area contributed by atoms with E-state index < -0.39 is 23.8 Å². The lowest BCUT2D eigenvalue weighted by Gasteiger charge is -2.12. The van der Waals surface area contributed by atoms with E-state index >= 15 is 0 Å². The fourth-order valence-corrected chi connectivity index (χ4v) is 2.86. The summed E-state index contributed by atoms with van der Waals surface area (Å²) in [6.07, 6.45) is 4.07. The number of fused-ring (bicyclic) bond motifs is 1. The van der Waals surface area contributed by atoms with Gasteiger partial charge in [0.15, 0.2) is 11.6 Å². The van der Waals surface area contributed by atoms with Gasteiger partial charge in [0.1, 0.15) is 11.5 Å². The first-order valence-electron chi connectivity index (χ1n) is 8.52. The van der Waals surface area contributed by atoms with Crippen molar-refractivity contribution in [3.8, 4) is 0 Å². The summed E-state index contributed by atoms with van der Waals surface area (Å²) < 4.78 is 56.3. The van der Waals surface area contributed by atoms with E-state index in [0.29, 0.717) is 11.9 Å². The standard InChI is InChI=1S/C19H19F4N3/c1-3-5-8-24-17(18(22)23)12(4-2)19-25-15-9-13(20)14(21)10-16(15)26(19)11-6-7-11/h4-5,8-11,18H,3,6-7H2,1-2H3/b8-5+,12-4+,24-17-. The maximum Gasteiger partial charge on any atom is 0.281 e. The van der Waals surface area contributed by atoms with Crippen LogP contribution in [0.5, 0.6) is 0 Å². The monoisotopic (exact) mass is 365 g/mol. The number of imidazole rings is 1. The molecule has 1 fully saturated rings. The zero-order valence-electron chi connectivity index (χ0n) is 14.5. The highest BCUT2D eigenvalue weighted by atomic mass is 19.3. The lowest BCUT2D eigenvalue weighted by molar-refractivity contribution is 0.227. The number of allylic oxidation sites excluding steroid dienone is 3. The van der Waals surface area contributed by atoms with Gasteiger partial charge in [0.05, 0.1) is 11.0 Å². The Morgan fingerprint density at radius 2 is 2.00 bits per heavy atom. The predicted molar refractivity (Wildman–Crippen MR) is 94.4 cm³/mol. The molecule has 1 aliphatic carbocycles. The molecule has 1 aliphatic rings. The van der Waals surface area contributed by atoms with Gasteiger partial charge in [-0.2, -0.15) is 0 Å². The Morgan fingerprint density at radius 3 is 2.58 bits per heavy atom. The van der Waals surface area contributed by atoms with E-state index in [-0.39, 0.29) is 23.0 Å². The molecule has 1 aromatic heterocycles.